The van der Waals surface area contributed by atoms with E-state index in [9.17, 15) is 23.7 Å². The minimum absolute atomic E-state index is 0.0361. The van der Waals surface area contributed by atoms with E-state index in [1.54, 1.807) is 7.11 Å². The van der Waals surface area contributed by atoms with Crippen LogP contribution in [0.3, 0.4) is 0 Å². The number of halogens is 2. The number of amides is 1. The van der Waals surface area contributed by atoms with Crippen LogP contribution < -0.4 is 0 Å². The van der Waals surface area contributed by atoms with Crippen molar-refractivity contribution in [2.75, 3.05) is 20.2 Å². The molecule has 8 heteroatoms. The van der Waals surface area contributed by atoms with Crippen LogP contribution in [0, 0.1) is 21.7 Å². The fraction of sp³-hybridized carbons (Fsp3) is 0.462. The summed E-state index contributed by atoms with van der Waals surface area (Å²) in [5.41, 5.74) is -1.16. The second-order valence-electron chi connectivity index (χ2n) is 4.77. The number of likely N-dealkylation sites (tertiary alicyclic amines) is 1. The predicted molar refractivity (Wildman–Crippen MR) is 68.9 cm³/mol. The van der Waals surface area contributed by atoms with E-state index >= 15 is 0 Å². The predicted octanol–water partition coefficient (Wildman–Crippen LogP) is 2.12. The fourth-order valence-corrected chi connectivity index (χ4v) is 2.32. The topological polar surface area (TPSA) is 72.7 Å². The van der Waals surface area contributed by atoms with Gasteiger partial charge in [0.25, 0.3) is 11.6 Å². The molecule has 1 saturated heterocycles. The van der Waals surface area contributed by atoms with E-state index < -0.39 is 33.7 Å². The molecule has 1 fully saturated rings. The van der Waals surface area contributed by atoms with Crippen molar-refractivity contribution >= 4 is 11.6 Å². The number of hydrogen-bond acceptors (Lipinski definition) is 4. The molecular weight excluding hydrogens is 286 g/mol. The lowest BCUT2D eigenvalue weighted by Gasteiger charge is -2.31. The third kappa shape index (κ3) is 3.15. The van der Waals surface area contributed by atoms with Crippen molar-refractivity contribution in [1.29, 1.82) is 0 Å². The standard InChI is InChI=1S/C13H14F2N2O4/c1-21-8-2-4-16(5-3-8)13(18)9-6-10(14)11(15)7-12(9)17(19)20/h6-8H,2-5H2,1H3. The van der Waals surface area contributed by atoms with Gasteiger partial charge in [-0.3, -0.25) is 14.9 Å². The number of benzene rings is 1. The van der Waals surface area contributed by atoms with E-state index in [-0.39, 0.29) is 6.10 Å². The molecule has 1 aromatic carbocycles. The molecule has 0 aliphatic carbocycles. The Balaban J connectivity index is 2.27. The van der Waals surface area contributed by atoms with Crippen molar-refractivity contribution in [3.63, 3.8) is 0 Å². The number of piperidine rings is 1. The Bertz CT molecular complexity index is 572. The molecule has 1 aliphatic heterocycles. The first-order chi connectivity index (χ1) is 9.93. The smallest absolute Gasteiger partial charge is 0.285 e. The Hall–Kier alpha value is -2.09. The van der Waals surface area contributed by atoms with Crippen molar-refractivity contribution in [3.8, 4) is 0 Å². The highest BCUT2D eigenvalue weighted by atomic mass is 19.2. The zero-order valence-corrected chi connectivity index (χ0v) is 11.3. The number of nitrogens with zero attached hydrogens (tertiary/aromatic N) is 2. The van der Waals surface area contributed by atoms with Gasteiger partial charge in [-0.25, -0.2) is 8.78 Å². The van der Waals surface area contributed by atoms with Crippen molar-refractivity contribution < 1.29 is 23.2 Å². The summed E-state index contributed by atoms with van der Waals surface area (Å²) in [6, 6.07) is 1.02. The summed E-state index contributed by atoms with van der Waals surface area (Å²) >= 11 is 0. The van der Waals surface area contributed by atoms with Gasteiger partial charge in [0, 0.05) is 20.2 Å². The molecule has 2 rings (SSSR count). The van der Waals surface area contributed by atoms with Gasteiger partial charge in [-0.1, -0.05) is 0 Å². The zero-order chi connectivity index (χ0) is 15.6. The zero-order valence-electron chi connectivity index (χ0n) is 11.3. The van der Waals surface area contributed by atoms with Crippen LogP contribution in [0.4, 0.5) is 14.5 Å². The number of rotatable bonds is 3. The Labute approximate surface area is 119 Å². The van der Waals surface area contributed by atoms with E-state index in [0.717, 1.165) is 0 Å². The van der Waals surface area contributed by atoms with Crippen molar-refractivity contribution in [1.82, 2.24) is 4.90 Å². The van der Waals surface area contributed by atoms with Crippen LogP contribution in [-0.4, -0.2) is 42.0 Å². The Morgan fingerprint density at radius 1 is 1.33 bits per heavy atom. The van der Waals surface area contributed by atoms with Crippen LogP contribution in [0.1, 0.15) is 23.2 Å². The number of carbonyl (C=O) groups excluding carboxylic acids is 1. The number of ether oxygens (including phenoxy) is 1. The average molecular weight is 300 g/mol. The van der Waals surface area contributed by atoms with Crippen molar-refractivity contribution in [2.45, 2.75) is 18.9 Å². The van der Waals surface area contributed by atoms with E-state index in [2.05, 4.69) is 0 Å². The van der Waals surface area contributed by atoms with Gasteiger partial charge in [0.2, 0.25) is 0 Å². The van der Waals surface area contributed by atoms with Crippen LogP contribution in [0.15, 0.2) is 12.1 Å². The first-order valence-electron chi connectivity index (χ1n) is 6.39. The number of hydrogen-bond donors (Lipinski definition) is 0. The largest absolute Gasteiger partial charge is 0.381 e. The van der Waals surface area contributed by atoms with Crippen LogP contribution >= 0.6 is 0 Å². The molecule has 114 valence electrons. The molecule has 0 unspecified atom stereocenters. The van der Waals surface area contributed by atoms with Crippen LogP contribution in [0.25, 0.3) is 0 Å². The molecule has 0 saturated carbocycles. The number of carbonyl (C=O) groups is 1. The Morgan fingerprint density at radius 2 is 1.90 bits per heavy atom. The summed E-state index contributed by atoms with van der Waals surface area (Å²) in [7, 11) is 1.57. The fourth-order valence-electron chi connectivity index (χ4n) is 2.32. The molecule has 0 bridgehead atoms. The highest BCUT2D eigenvalue weighted by Gasteiger charge is 2.29. The lowest BCUT2D eigenvalue weighted by molar-refractivity contribution is -0.385. The number of methoxy groups -OCH3 is 1. The average Bonchev–Trinajstić information content (AvgIpc) is 2.48. The SMILES string of the molecule is COC1CCN(C(=O)c2cc(F)c(F)cc2[N+](=O)[O-])CC1. The monoisotopic (exact) mass is 300 g/mol. The number of nitro groups is 1. The summed E-state index contributed by atoms with van der Waals surface area (Å²) in [5, 5.41) is 10.9. The maximum Gasteiger partial charge on any atom is 0.285 e. The van der Waals surface area contributed by atoms with Crippen LogP contribution in [0.2, 0.25) is 0 Å². The van der Waals surface area contributed by atoms with E-state index in [0.29, 0.717) is 38.1 Å². The first-order valence-corrected chi connectivity index (χ1v) is 6.39. The highest BCUT2D eigenvalue weighted by molar-refractivity contribution is 5.98. The van der Waals surface area contributed by atoms with Crippen molar-refractivity contribution in [2.24, 2.45) is 0 Å². The molecule has 0 N–H and O–H groups in total. The molecule has 0 radical (unpaired) electrons. The van der Waals surface area contributed by atoms with Crippen LogP contribution in [0.5, 0.6) is 0 Å². The highest BCUT2D eigenvalue weighted by Crippen LogP contribution is 2.25. The van der Waals surface area contributed by atoms with Gasteiger partial charge in [0.15, 0.2) is 11.6 Å². The molecule has 0 atom stereocenters. The second kappa shape index (κ2) is 6.13. The minimum atomic E-state index is -1.35. The summed E-state index contributed by atoms with van der Waals surface area (Å²) in [6.45, 7) is 0.709. The van der Waals surface area contributed by atoms with Gasteiger partial charge in [-0.2, -0.15) is 0 Å². The summed E-state index contributed by atoms with van der Waals surface area (Å²) in [5.74, 6) is -3.30. The molecule has 1 aliphatic rings. The molecular formula is C13H14F2N2O4. The molecule has 6 nitrogen and oxygen atoms in total. The first kappa shape index (κ1) is 15.3. The third-order valence-corrected chi connectivity index (χ3v) is 3.53. The van der Waals surface area contributed by atoms with Crippen LogP contribution in [-0.2, 0) is 4.74 Å². The lowest BCUT2D eigenvalue weighted by Crippen LogP contribution is -2.40. The Kier molecular flexibility index (Phi) is 4.46. The van der Waals surface area contributed by atoms with Gasteiger partial charge in [-0.15, -0.1) is 0 Å². The molecule has 1 amide bonds. The van der Waals surface area contributed by atoms with E-state index in [1.165, 1.54) is 4.90 Å². The maximum atomic E-state index is 13.3. The molecule has 21 heavy (non-hydrogen) atoms. The molecule has 0 spiro atoms. The number of nitro benzene ring substituents is 1. The van der Waals surface area contributed by atoms with Gasteiger partial charge in [0.05, 0.1) is 17.1 Å². The molecule has 0 aromatic heterocycles. The normalized spacial score (nSPS) is 16.0. The van der Waals surface area contributed by atoms with E-state index in [4.69, 9.17) is 4.74 Å². The van der Waals surface area contributed by atoms with Gasteiger partial charge >= 0.3 is 0 Å². The van der Waals surface area contributed by atoms with Crippen molar-refractivity contribution in [3.05, 3.63) is 39.4 Å². The second-order valence-corrected chi connectivity index (χ2v) is 4.77. The quantitative estimate of drug-likeness (QED) is 0.633. The van der Waals surface area contributed by atoms with Gasteiger partial charge in [-0.05, 0) is 18.9 Å². The summed E-state index contributed by atoms with van der Waals surface area (Å²) < 4.78 is 31.5. The Morgan fingerprint density at radius 3 is 2.43 bits per heavy atom. The summed E-state index contributed by atoms with van der Waals surface area (Å²) in [4.78, 5) is 23.7. The summed E-state index contributed by atoms with van der Waals surface area (Å²) in [6.07, 6.45) is 1.23. The molecule has 1 heterocycles. The third-order valence-electron chi connectivity index (χ3n) is 3.53. The van der Waals surface area contributed by atoms with Gasteiger partial charge < -0.3 is 9.64 Å². The minimum Gasteiger partial charge on any atom is -0.381 e. The van der Waals surface area contributed by atoms with E-state index in [1.807, 2.05) is 0 Å². The lowest BCUT2D eigenvalue weighted by atomic mass is 10.1. The maximum absolute atomic E-state index is 13.3. The molecule has 1 aromatic rings. The van der Waals surface area contributed by atoms with Gasteiger partial charge in [0.1, 0.15) is 5.56 Å².